The molecule has 0 saturated heterocycles. The maximum atomic E-state index is 12.2. The smallest absolute Gasteiger partial charge is 0.331 e. The zero-order valence-corrected chi connectivity index (χ0v) is 12.3. The largest absolute Gasteiger partial charge is 0.479 e. The Hall–Kier alpha value is -1.40. The summed E-state index contributed by atoms with van der Waals surface area (Å²) in [5.74, 6) is -1.11. The summed E-state index contributed by atoms with van der Waals surface area (Å²) in [6, 6.07) is 0.967. The minimum atomic E-state index is -0.966. The van der Waals surface area contributed by atoms with Crippen molar-refractivity contribution in [3.05, 3.63) is 21.9 Å². The maximum Gasteiger partial charge on any atom is 0.331 e. The van der Waals surface area contributed by atoms with Crippen LogP contribution in [0.1, 0.15) is 36.2 Å². The molecular formula is C14H19NO4S. The molecule has 1 aromatic heterocycles. The fourth-order valence-electron chi connectivity index (χ4n) is 2.40. The number of nitrogens with zero attached hydrogens (tertiary/aromatic N) is 1. The number of hydrogen-bond acceptors (Lipinski definition) is 4. The van der Waals surface area contributed by atoms with Gasteiger partial charge in [0.25, 0.3) is 0 Å². The van der Waals surface area contributed by atoms with Crippen LogP contribution in [0.3, 0.4) is 0 Å². The fraction of sp³-hybridized carbons (Fsp3) is 0.571. The highest BCUT2D eigenvalue weighted by atomic mass is 32.1. The van der Waals surface area contributed by atoms with Crippen LogP contribution in [-0.2, 0) is 20.7 Å². The van der Waals surface area contributed by atoms with Crippen LogP contribution in [0.25, 0.3) is 0 Å². The van der Waals surface area contributed by atoms with E-state index in [0.29, 0.717) is 19.8 Å². The highest BCUT2D eigenvalue weighted by Crippen LogP contribution is 2.33. The molecule has 0 spiro atoms. The van der Waals surface area contributed by atoms with Crippen LogP contribution in [0, 0.1) is 0 Å². The predicted octanol–water partition coefficient (Wildman–Crippen LogP) is 2.08. The van der Waals surface area contributed by atoms with Crippen molar-refractivity contribution in [2.24, 2.45) is 0 Å². The molecule has 20 heavy (non-hydrogen) atoms. The Balaban J connectivity index is 2.04. The van der Waals surface area contributed by atoms with Crippen molar-refractivity contribution in [2.45, 2.75) is 32.2 Å². The van der Waals surface area contributed by atoms with E-state index in [-0.39, 0.29) is 12.3 Å². The third-order valence-corrected chi connectivity index (χ3v) is 4.33. The lowest BCUT2D eigenvalue weighted by Crippen LogP contribution is -2.43. The highest BCUT2D eigenvalue weighted by Gasteiger charge is 2.36. The van der Waals surface area contributed by atoms with Crippen molar-refractivity contribution in [1.82, 2.24) is 4.90 Å². The molecule has 1 amide bonds. The van der Waals surface area contributed by atoms with Gasteiger partial charge >= 0.3 is 5.97 Å². The maximum absolute atomic E-state index is 12.2. The number of carboxylic acid groups (broad SMARTS) is 1. The Bertz CT molecular complexity index is 485. The van der Waals surface area contributed by atoms with Crippen LogP contribution < -0.4 is 0 Å². The molecule has 6 heteroatoms. The molecule has 1 atom stereocenters. The summed E-state index contributed by atoms with van der Waals surface area (Å²) >= 11 is 1.56. The molecule has 0 bridgehead atoms. The number of amides is 1. The number of carbonyl (C=O) groups excluding carboxylic acids is 1. The molecule has 1 unspecified atom stereocenters. The Morgan fingerprint density at radius 2 is 2.30 bits per heavy atom. The number of ether oxygens (including phenoxy) is 1. The van der Waals surface area contributed by atoms with Gasteiger partial charge in [-0.1, -0.05) is 6.92 Å². The number of rotatable bonds is 6. The van der Waals surface area contributed by atoms with Gasteiger partial charge in [0.2, 0.25) is 5.91 Å². The molecule has 1 N–H and O–H groups in total. The topological polar surface area (TPSA) is 66.8 Å². The van der Waals surface area contributed by atoms with Gasteiger partial charge in [-0.25, -0.2) is 4.79 Å². The molecule has 1 aliphatic heterocycles. The van der Waals surface area contributed by atoms with Crippen LogP contribution in [0.2, 0.25) is 0 Å². The molecule has 0 radical (unpaired) electrons. The summed E-state index contributed by atoms with van der Waals surface area (Å²) in [5.41, 5.74) is 0.761. The number of aliphatic carboxylic acids is 1. The van der Waals surface area contributed by atoms with Gasteiger partial charge in [0.1, 0.15) is 0 Å². The predicted molar refractivity (Wildman–Crippen MR) is 75.8 cm³/mol. The second-order valence-electron chi connectivity index (χ2n) is 4.74. The molecule has 1 aromatic rings. The Morgan fingerprint density at radius 3 is 3.00 bits per heavy atom. The Labute approximate surface area is 122 Å². The minimum absolute atomic E-state index is 0.148. The first kappa shape index (κ1) is 15.0. The van der Waals surface area contributed by atoms with E-state index in [2.05, 4.69) is 0 Å². The molecule has 5 nitrogen and oxygen atoms in total. The SMILES string of the molecule is CCCOCCC(=O)N1CCc2sccc2C1C(=O)O. The summed E-state index contributed by atoms with van der Waals surface area (Å²) in [5, 5.41) is 11.3. The van der Waals surface area contributed by atoms with E-state index in [4.69, 9.17) is 4.74 Å². The number of hydrogen-bond donors (Lipinski definition) is 1. The van der Waals surface area contributed by atoms with Crippen molar-refractivity contribution in [3.63, 3.8) is 0 Å². The second-order valence-corrected chi connectivity index (χ2v) is 5.74. The van der Waals surface area contributed by atoms with Gasteiger partial charge in [0, 0.05) is 18.0 Å². The average Bonchev–Trinajstić information content (AvgIpc) is 2.90. The van der Waals surface area contributed by atoms with Gasteiger partial charge in [-0.05, 0) is 29.9 Å². The molecule has 110 valence electrons. The van der Waals surface area contributed by atoms with E-state index < -0.39 is 12.0 Å². The lowest BCUT2D eigenvalue weighted by Gasteiger charge is -2.33. The molecule has 0 fully saturated rings. The van der Waals surface area contributed by atoms with Crippen LogP contribution in [0.5, 0.6) is 0 Å². The van der Waals surface area contributed by atoms with E-state index >= 15 is 0 Å². The monoisotopic (exact) mass is 297 g/mol. The fourth-order valence-corrected chi connectivity index (χ4v) is 3.30. The van der Waals surface area contributed by atoms with Crippen LogP contribution in [-0.4, -0.2) is 41.6 Å². The molecule has 1 aliphatic rings. The van der Waals surface area contributed by atoms with E-state index in [1.165, 1.54) is 4.90 Å². The number of carbonyl (C=O) groups is 2. The zero-order valence-electron chi connectivity index (χ0n) is 11.5. The van der Waals surface area contributed by atoms with Crippen molar-refractivity contribution in [2.75, 3.05) is 19.8 Å². The first-order valence-electron chi connectivity index (χ1n) is 6.81. The summed E-state index contributed by atoms with van der Waals surface area (Å²) in [7, 11) is 0. The number of fused-ring (bicyclic) bond motifs is 1. The van der Waals surface area contributed by atoms with E-state index in [1.807, 2.05) is 18.4 Å². The summed E-state index contributed by atoms with van der Waals surface area (Å²) in [6.07, 6.45) is 1.88. The van der Waals surface area contributed by atoms with Gasteiger partial charge in [-0.2, -0.15) is 0 Å². The lowest BCUT2D eigenvalue weighted by molar-refractivity contribution is -0.151. The van der Waals surface area contributed by atoms with Crippen molar-refractivity contribution < 1.29 is 19.4 Å². The first-order valence-corrected chi connectivity index (χ1v) is 7.69. The Kier molecular flexibility index (Phi) is 5.14. The first-order chi connectivity index (χ1) is 9.65. The number of thiophene rings is 1. The van der Waals surface area contributed by atoms with Gasteiger partial charge in [0.15, 0.2) is 6.04 Å². The van der Waals surface area contributed by atoms with Crippen molar-refractivity contribution in [1.29, 1.82) is 0 Å². The third-order valence-electron chi connectivity index (χ3n) is 3.33. The van der Waals surface area contributed by atoms with Gasteiger partial charge in [0.05, 0.1) is 13.0 Å². The van der Waals surface area contributed by atoms with Crippen LogP contribution >= 0.6 is 11.3 Å². The van der Waals surface area contributed by atoms with Gasteiger partial charge in [-0.3, -0.25) is 4.79 Å². The van der Waals surface area contributed by atoms with E-state index in [1.54, 1.807) is 11.3 Å². The van der Waals surface area contributed by atoms with E-state index in [0.717, 1.165) is 23.3 Å². The second kappa shape index (κ2) is 6.85. The lowest BCUT2D eigenvalue weighted by atomic mass is 9.99. The minimum Gasteiger partial charge on any atom is -0.479 e. The molecule has 0 aliphatic carbocycles. The van der Waals surface area contributed by atoms with Crippen LogP contribution in [0.4, 0.5) is 0 Å². The quantitative estimate of drug-likeness (QED) is 0.816. The molecule has 0 aromatic carbocycles. The molecule has 2 rings (SSSR count). The Morgan fingerprint density at radius 1 is 1.50 bits per heavy atom. The summed E-state index contributed by atoms with van der Waals surface area (Å²) in [4.78, 5) is 26.2. The summed E-state index contributed by atoms with van der Waals surface area (Å²) in [6.45, 7) is 3.46. The standard InChI is InChI=1S/C14H19NO4S/c1-2-7-19-8-4-12(16)15-6-3-11-10(5-9-20-11)13(15)14(17)18/h5,9,13H,2-4,6-8H2,1H3,(H,17,18). The normalized spacial score (nSPS) is 17.9. The summed E-state index contributed by atoms with van der Waals surface area (Å²) < 4.78 is 5.30. The zero-order chi connectivity index (χ0) is 14.5. The molecule has 0 saturated carbocycles. The average molecular weight is 297 g/mol. The van der Waals surface area contributed by atoms with E-state index in [9.17, 15) is 14.7 Å². The molecular weight excluding hydrogens is 278 g/mol. The third kappa shape index (κ3) is 3.19. The molecule has 2 heterocycles. The highest BCUT2D eigenvalue weighted by molar-refractivity contribution is 7.10. The van der Waals surface area contributed by atoms with Gasteiger partial charge in [-0.15, -0.1) is 11.3 Å². The van der Waals surface area contributed by atoms with Crippen molar-refractivity contribution in [3.8, 4) is 0 Å². The van der Waals surface area contributed by atoms with Crippen LogP contribution in [0.15, 0.2) is 11.4 Å². The van der Waals surface area contributed by atoms with Gasteiger partial charge < -0.3 is 14.7 Å². The number of carboxylic acids is 1. The van der Waals surface area contributed by atoms with Crippen molar-refractivity contribution >= 4 is 23.2 Å².